The van der Waals surface area contributed by atoms with Crippen LogP contribution in [0, 0.1) is 0 Å². The zero-order valence-corrected chi connectivity index (χ0v) is 10.1. The Bertz CT molecular complexity index is 630. The van der Waals surface area contributed by atoms with Gasteiger partial charge in [0.1, 0.15) is 5.57 Å². The molecule has 1 aliphatic heterocycles. The van der Waals surface area contributed by atoms with Gasteiger partial charge in [-0.3, -0.25) is 0 Å². The predicted octanol–water partition coefficient (Wildman–Crippen LogP) is 3.25. The SMILES string of the molecule is O=C1O[C@@H](c2ccccc2)C(O)=C1c1ccccc1. The van der Waals surface area contributed by atoms with E-state index >= 15 is 0 Å². The maximum absolute atomic E-state index is 11.9. The van der Waals surface area contributed by atoms with Crippen LogP contribution in [0.4, 0.5) is 0 Å². The summed E-state index contributed by atoms with van der Waals surface area (Å²) in [6, 6.07) is 18.3. The van der Waals surface area contributed by atoms with E-state index in [-0.39, 0.29) is 11.3 Å². The molecule has 0 radical (unpaired) electrons. The van der Waals surface area contributed by atoms with Crippen molar-refractivity contribution in [1.29, 1.82) is 0 Å². The first-order valence-corrected chi connectivity index (χ1v) is 6.02. The van der Waals surface area contributed by atoms with Crippen LogP contribution in [0.1, 0.15) is 17.2 Å². The number of aliphatic hydroxyl groups excluding tert-OH is 1. The van der Waals surface area contributed by atoms with Crippen molar-refractivity contribution in [3.63, 3.8) is 0 Å². The highest BCUT2D eigenvalue weighted by Gasteiger charge is 2.35. The lowest BCUT2D eigenvalue weighted by Gasteiger charge is -2.09. The normalized spacial score (nSPS) is 18.5. The summed E-state index contributed by atoms with van der Waals surface area (Å²) in [6.07, 6.45) is -0.705. The van der Waals surface area contributed by atoms with Gasteiger partial charge in [-0.1, -0.05) is 60.7 Å². The predicted molar refractivity (Wildman–Crippen MR) is 71.3 cm³/mol. The van der Waals surface area contributed by atoms with Crippen molar-refractivity contribution < 1.29 is 14.6 Å². The molecule has 1 heterocycles. The molecule has 0 amide bonds. The lowest BCUT2D eigenvalue weighted by molar-refractivity contribution is -0.138. The molecule has 0 unspecified atom stereocenters. The van der Waals surface area contributed by atoms with Crippen LogP contribution in [0.3, 0.4) is 0 Å². The summed E-state index contributed by atoms with van der Waals surface area (Å²) < 4.78 is 5.26. The molecule has 1 atom stereocenters. The molecule has 0 aromatic heterocycles. The van der Waals surface area contributed by atoms with Gasteiger partial charge in [0.15, 0.2) is 11.9 Å². The zero-order valence-electron chi connectivity index (χ0n) is 10.1. The van der Waals surface area contributed by atoms with Crippen molar-refractivity contribution >= 4 is 11.5 Å². The van der Waals surface area contributed by atoms with Gasteiger partial charge in [-0.25, -0.2) is 4.79 Å². The summed E-state index contributed by atoms with van der Waals surface area (Å²) in [5, 5.41) is 10.3. The molecule has 3 heteroatoms. The third-order valence-electron chi connectivity index (χ3n) is 3.10. The molecule has 3 nitrogen and oxygen atoms in total. The topological polar surface area (TPSA) is 46.5 Å². The summed E-state index contributed by atoms with van der Waals surface area (Å²) >= 11 is 0. The molecule has 0 saturated carbocycles. The van der Waals surface area contributed by atoms with Gasteiger partial charge >= 0.3 is 5.97 Å². The molecule has 2 aromatic carbocycles. The van der Waals surface area contributed by atoms with Crippen LogP contribution >= 0.6 is 0 Å². The van der Waals surface area contributed by atoms with Gasteiger partial charge in [-0.15, -0.1) is 0 Å². The minimum Gasteiger partial charge on any atom is -0.507 e. The molecule has 0 bridgehead atoms. The second kappa shape index (κ2) is 4.61. The van der Waals surface area contributed by atoms with Crippen molar-refractivity contribution in [3.05, 3.63) is 77.5 Å². The van der Waals surface area contributed by atoms with Crippen LogP contribution < -0.4 is 0 Å². The monoisotopic (exact) mass is 252 g/mol. The Balaban J connectivity index is 2.05. The molecule has 94 valence electrons. The maximum atomic E-state index is 11.9. The van der Waals surface area contributed by atoms with Crippen LogP contribution in [-0.2, 0) is 9.53 Å². The molecular formula is C16H12O3. The molecule has 0 aliphatic carbocycles. The fourth-order valence-corrected chi connectivity index (χ4v) is 2.18. The highest BCUT2D eigenvalue weighted by molar-refractivity contribution is 6.19. The first-order chi connectivity index (χ1) is 9.27. The summed E-state index contributed by atoms with van der Waals surface area (Å²) in [4.78, 5) is 11.9. The first kappa shape index (κ1) is 11.5. The average molecular weight is 252 g/mol. The smallest absolute Gasteiger partial charge is 0.343 e. The highest BCUT2D eigenvalue weighted by Crippen LogP contribution is 2.37. The zero-order chi connectivity index (χ0) is 13.2. The Morgan fingerprint density at radius 3 is 2.11 bits per heavy atom. The van der Waals surface area contributed by atoms with E-state index in [9.17, 15) is 9.90 Å². The second-order valence-electron chi connectivity index (χ2n) is 4.32. The molecule has 1 aliphatic rings. The third-order valence-corrected chi connectivity index (χ3v) is 3.10. The van der Waals surface area contributed by atoms with Crippen LogP contribution in [0.5, 0.6) is 0 Å². The summed E-state index contributed by atoms with van der Waals surface area (Å²) in [5.41, 5.74) is 1.68. The third kappa shape index (κ3) is 1.99. The average Bonchev–Trinajstić information content (AvgIpc) is 2.76. The summed E-state index contributed by atoms with van der Waals surface area (Å²) in [6.45, 7) is 0. The van der Waals surface area contributed by atoms with E-state index < -0.39 is 12.1 Å². The van der Waals surface area contributed by atoms with Gasteiger partial charge in [0.25, 0.3) is 0 Å². The van der Waals surface area contributed by atoms with E-state index in [1.165, 1.54) is 0 Å². The molecule has 19 heavy (non-hydrogen) atoms. The van der Waals surface area contributed by atoms with Crippen molar-refractivity contribution in [2.75, 3.05) is 0 Å². The van der Waals surface area contributed by atoms with Crippen molar-refractivity contribution in [2.45, 2.75) is 6.10 Å². The van der Waals surface area contributed by atoms with Crippen molar-refractivity contribution in [2.24, 2.45) is 0 Å². The molecular weight excluding hydrogens is 240 g/mol. The standard InChI is InChI=1S/C16H12O3/c17-14-13(11-7-3-1-4-8-11)16(18)19-15(14)12-9-5-2-6-10-12/h1-10,15,17H/t15-/m0/s1. The fourth-order valence-electron chi connectivity index (χ4n) is 2.18. The summed E-state index contributed by atoms with van der Waals surface area (Å²) in [5.74, 6) is -0.514. The van der Waals surface area contributed by atoms with Gasteiger partial charge in [0.05, 0.1) is 0 Å². The minimum absolute atomic E-state index is 0.0256. The van der Waals surface area contributed by atoms with Gasteiger partial charge < -0.3 is 9.84 Å². The number of rotatable bonds is 2. The molecule has 0 fully saturated rings. The molecule has 1 N–H and O–H groups in total. The Kier molecular flexibility index (Phi) is 2.80. The van der Waals surface area contributed by atoms with Gasteiger partial charge in [-0.2, -0.15) is 0 Å². The van der Waals surface area contributed by atoms with E-state index in [2.05, 4.69) is 0 Å². The molecule has 0 spiro atoms. The molecule has 2 aromatic rings. The first-order valence-electron chi connectivity index (χ1n) is 6.02. The number of carbonyl (C=O) groups excluding carboxylic acids is 1. The van der Waals surface area contributed by atoms with E-state index in [0.29, 0.717) is 5.56 Å². The van der Waals surface area contributed by atoms with Crippen molar-refractivity contribution in [3.8, 4) is 0 Å². The van der Waals surface area contributed by atoms with Crippen molar-refractivity contribution in [1.82, 2.24) is 0 Å². The van der Waals surface area contributed by atoms with E-state index in [4.69, 9.17) is 4.74 Å². The number of hydrogen-bond donors (Lipinski definition) is 1. The Hall–Kier alpha value is -2.55. The van der Waals surface area contributed by atoms with Gasteiger partial charge in [0, 0.05) is 5.56 Å². The number of cyclic esters (lactones) is 1. The quantitative estimate of drug-likeness (QED) is 0.834. The minimum atomic E-state index is -0.705. The number of esters is 1. The number of hydrogen-bond acceptors (Lipinski definition) is 3. The van der Waals surface area contributed by atoms with Gasteiger partial charge in [0.2, 0.25) is 0 Å². The highest BCUT2D eigenvalue weighted by atomic mass is 16.6. The molecule has 3 rings (SSSR count). The fraction of sp³-hybridized carbons (Fsp3) is 0.0625. The Morgan fingerprint density at radius 2 is 1.47 bits per heavy atom. The van der Waals surface area contributed by atoms with E-state index in [1.54, 1.807) is 12.1 Å². The lowest BCUT2D eigenvalue weighted by atomic mass is 10.0. The maximum Gasteiger partial charge on any atom is 0.343 e. The van der Waals surface area contributed by atoms with E-state index in [1.807, 2.05) is 48.5 Å². The number of benzene rings is 2. The van der Waals surface area contributed by atoms with Crippen LogP contribution in [0.2, 0.25) is 0 Å². The number of aliphatic hydroxyl groups is 1. The largest absolute Gasteiger partial charge is 0.507 e. The van der Waals surface area contributed by atoms with Crippen LogP contribution in [0.25, 0.3) is 5.57 Å². The Morgan fingerprint density at radius 1 is 0.895 bits per heavy atom. The molecule has 0 saturated heterocycles. The summed E-state index contributed by atoms with van der Waals surface area (Å²) in [7, 11) is 0. The van der Waals surface area contributed by atoms with E-state index in [0.717, 1.165) is 5.56 Å². The lowest BCUT2D eigenvalue weighted by Crippen LogP contribution is -2.03. The van der Waals surface area contributed by atoms with Gasteiger partial charge in [-0.05, 0) is 5.56 Å². The van der Waals surface area contributed by atoms with Crippen LogP contribution in [0.15, 0.2) is 66.4 Å². The second-order valence-corrected chi connectivity index (χ2v) is 4.32. The number of carbonyl (C=O) groups is 1. The number of ether oxygens (including phenoxy) is 1. The van der Waals surface area contributed by atoms with Crippen LogP contribution in [-0.4, -0.2) is 11.1 Å². The Labute approximate surface area is 110 Å².